The van der Waals surface area contributed by atoms with Gasteiger partial charge in [0, 0.05) is 60.1 Å². The summed E-state index contributed by atoms with van der Waals surface area (Å²) >= 11 is 3.04. The summed E-state index contributed by atoms with van der Waals surface area (Å²) in [5.41, 5.74) is -7.47. The van der Waals surface area contributed by atoms with E-state index in [1.54, 1.807) is 72.8 Å². The molecule has 0 saturated heterocycles. The van der Waals surface area contributed by atoms with Gasteiger partial charge in [-0.15, -0.1) is 0 Å². The van der Waals surface area contributed by atoms with Crippen LogP contribution in [0.25, 0.3) is 0 Å². The van der Waals surface area contributed by atoms with E-state index in [9.17, 15) is 147 Å². The Morgan fingerprint density at radius 2 is 0.379 bits per heavy atom. The van der Waals surface area contributed by atoms with Crippen molar-refractivity contribution in [2.24, 2.45) is 0 Å². The van der Waals surface area contributed by atoms with Crippen molar-refractivity contribution in [2.45, 2.75) is 74.4 Å². The molecular weight excluding hydrogens is 1680 g/mol. The molecule has 11 aromatic carbocycles. The normalized spacial score (nSPS) is 11.6. The zero-order valence-electron chi connectivity index (χ0n) is 58.1. The smallest absolute Gasteiger partial charge is 0.288 e. The number of alkyl halides is 29. The van der Waals surface area contributed by atoms with Crippen molar-refractivity contribution in [1.29, 1.82) is 0 Å². The molecule has 11 aromatic rings. The Morgan fingerprint density at radius 3 is 0.586 bits per heavy atom. The average Bonchev–Trinajstić information content (AvgIpc) is 0.800. The van der Waals surface area contributed by atoms with Crippen LogP contribution in [0.15, 0.2) is 308 Å². The zero-order valence-corrected chi connectivity index (χ0v) is 59.7. The lowest BCUT2D eigenvalue weighted by Crippen LogP contribution is -2.26. The van der Waals surface area contributed by atoms with Crippen molar-refractivity contribution < 1.29 is 147 Å². The van der Waals surface area contributed by atoms with Crippen LogP contribution in [-0.4, -0.2) is 29.6 Å². The molecule has 0 saturated carbocycles. The van der Waals surface area contributed by atoms with Crippen LogP contribution in [0.2, 0.25) is 0 Å². The van der Waals surface area contributed by atoms with Crippen molar-refractivity contribution >= 4 is 39.1 Å². The second-order valence-electron chi connectivity index (χ2n) is 22.9. The highest BCUT2D eigenvalue weighted by Gasteiger charge is 2.45. The van der Waals surface area contributed by atoms with Crippen LogP contribution in [0.3, 0.4) is 0 Å². The quantitative estimate of drug-likeness (QED) is 0.0804. The first kappa shape index (κ1) is 96.9. The number of hydrogen-bond donors (Lipinski definition) is 0. The Labute approximate surface area is 648 Å². The molecule has 0 aliphatic rings. The Balaban J connectivity index is 0.000000283. The monoisotopic (exact) mass is 1730 g/mol. The number of hydrogen-bond acceptors (Lipinski definition) is 4. The molecule has 616 valence electrons. The number of carbonyl (C=O) groups excluding carboxylic acids is 4. The lowest BCUT2D eigenvalue weighted by atomic mass is 9.98. The number of rotatable bonds is 14. The summed E-state index contributed by atoms with van der Waals surface area (Å²) in [6.07, 6.45) is -33.1. The molecule has 0 unspecified atom stereocenters. The Morgan fingerprint density at radius 1 is 0.207 bits per heavy atom. The molecule has 4 nitrogen and oxygen atoms in total. The van der Waals surface area contributed by atoms with Gasteiger partial charge in [0.1, 0.15) is 0 Å². The second kappa shape index (κ2) is 43.3. The summed E-state index contributed by atoms with van der Waals surface area (Å²) in [4.78, 5) is 45.9. The molecule has 0 radical (unpaired) electrons. The number of Topliss-reactive ketones (excluding diaryl/α,β-unsaturated/α-hetero) is 4. The van der Waals surface area contributed by atoms with Gasteiger partial charge in [0.15, 0.2) is 0 Å². The third-order valence-corrected chi connectivity index (χ3v) is 15.2. The predicted octanol–water partition coefficient (Wildman–Crippen LogP) is 28.5. The van der Waals surface area contributed by atoms with Gasteiger partial charge in [-0.25, -0.2) is 35.1 Å². The van der Waals surface area contributed by atoms with Gasteiger partial charge < -0.3 is 0 Å². The SMILES string of the molecule is FC(F)(F)c1ccc(Br)cc1.FC(F)c1ccc(C(F)(F)F)cc1.FC(F)c1ccc(C(F)(F)F)cc1.FC(F)c1ccccc1.O=C(c1ccccc1)C(F)(F)c1ccc(C(F)(F)F)cc1.O=C(c1ccccc1)C(F)(F)c1ccc(C(F)(F)F)cc1.O=C(c1ccccc1)C(F)(F)c1ccccc1.O=C(c1ccccc1)C(F)F. The van der Waals surface area contributed by atoms with E-state index >= 15 is 0 Å². The van der Waals surface area contributed by atoms with E-state index in [2.05, 4.69) is 15.9 Å². The third kappa shape index (κ3) is 31.1. The largest absolute Gasteiger partial charge is 0.416 e. The molecule has 0 fully saturated rings. The fraction of sp³-hybridized carbons (Fsp3) is 0.146. The van der Waals surface area contributed by atoms with Gasteiger partial charge in [0.05, 0.1) is 27.8 Å². The van der Waals surface area contributed by atoms with Crippen LogP contribution in [0.5, 0.6) is 0 Å². The molecule has 0 amide bonds. The molecule has 0 aliphatic heterocycles. The maximum atomic E-state index is 14.0. The first-order chi connectivity index (χ1) is 53.9. The van der Waals surface area contributed by atoms with Crippen molar-refractivity contribution in [2.75, 3.05) is 0 Å². The lowest BCUT2D eigenvalue weighted by Gasteiger charge is -2.16. The molecule has 0 heterocycles. The summed E-state index contributed by atoms with van der Waals surface area (Å²) in [5, 5.41) is 0. The van der Waals surface area contributed by atoms with Gasteiger partial charge >= 0.3 is 55.1 Å². The number of halogens is 30. The predicted molar refractivity (Wildman–Crippen MR) is 373 cm³/mol. The molecular formula is C82H54BrF29O4. The van der Waals surface area contributed by atoms with E-state index in [0.717, 1.165) is 36.4 Å². The first-order valence-electron chi connectivity index (χ1n) is 32.2. The van der Waals surface area contributed by atoms with Crippen LogP contribution >= 0.6 is 15.9 Å². The molecule has 0 bridgehead atoms. The Bertz CT molecular complexity index is 4560. The van der Waals surface area contributed by atoms with Crippen molar-refractivity contribution in [3.63, 3.8) is 0 Å². The molecule has 11 rings (SSSR count). The van der Waals surface area contributed by atoms with E-state index in [1.165, 1.54) is 121 Å². The summed E-state index contributed by atoms with van der Waals surface area (Å²) < 4.78 is 361. The summed E-state index contributed by atoms with van der Waals surface area (Å²) in [6, 6.07) is 58.7. The molecule has 0 N–H and O–H groups in total. The second-order valence-corrected chi connectivity index (χ2v) is 23.8. The number of benzene rings is 11. The highest BCUT2D eigenvalue weighted by Crippen LogP contribution is 2.39. The van der Waals surface area contributed by atoms with E-state index in [4.69, 9.17) is 0 Å². The zero-order chi connectivity index (χ0) is 87.2. The topological polar surface area (TPSA) is 68.3 Å². The van der Waals surface area contributed by atoms with Crippen LogP contribution in [0.4, 0.5) is 127 Å². The molecule has 34 heteroatoms. The van der Waals surface area contributed by atoms with Crippen molar-refractivity contribution in [1.82, 2.24) is 0 Å². The maximum absolute atomic E-state index is 14.0. The minimum atomic E-state index is -4.61. The first-order valence-corrected chi connectivity index (χ1v) is 33.0. The van der Waals surface area contributed by atoms with Gasteiger partial charge in [-0.2, -0.15) is 92.2 Å². The van der Waals surface area contributed by atoms with Gasteiger partial charge in [-0.3, -0.25) is 19.2 Å². The number of ketones is 4. The van der Waals surface area contributed by atoms with Crippen LogP contribution in [0.1, 0.15) is 122 Å². The highest BCUT2D eigenvalue weighted by molar-refractivity contribution is 9.10. The fourth-order valence-electron chi connectivity index (χ4n) is 8.69. The maximum Gasteiger partial charge on any atom is 0.416 e. The van der Waals surface area contributed by atoms with Crippen LogP contribution < -0.4 is 0 Å². The molecule has 0 aromatic heterocycles. The van der Waals surface area contributed by atoms with E-state index in [-0.39, 0.29) is 33.4 Å². The van der Waals surface area contributed by atoms with E-state index in [1.807, 2.05) is 0 Å². The summed E-state index contributed by atoms with van der Waals surface area (Å²) in [5.74, 6) is -16.5. The summed E-state index contributed by atoms with van der Waals surface area (Å²) in [6.45, 7) is 0. The highest BCUT2D eigenvalue weighted by atomic mass is 79.9. The van der Waals surface area contributed by atoms with Crippen molar-refractivity contribution in [3.8, 4) is 0 Å². The van der Waals surface area contributed by atoms with Crippen molar-refractivity contribution in [3.05, 3.63) is 391 Å². The average molecular weight is 1730 g/mol. The molecule has 0 atom stereocenters. The number of carbonyl (C=O) groups is 4. The minimum absolute atomic E-state index is 0.0151. The molecule has 0 spiro atoms. The van der Waals surface area contributed by atoms with Crippen LogP contribution in [-0.2, 0) is 48.6 Å². The lowest BCUT2D eigenvalue weighted by molar-refractivity contribution is -0.138. The minimum Gasteiger partial charge on any atom is -0.288 e. The van der Waals surface area contributed by atoms with Gasteiger partial charge in [-0.05, 0) is 72.8 Å². The Hall–Kier alpha value is -11.5. The van der Waals surface area contributed by atoms with E-state index in [0.29, 0.717) is 77.3 Å². The fourth-order valence-corrected chi connectivity index (χ4v) is 8.96. The summed E-state index contributed by atoms with van der Waals surface area (Å²) in [7, 11) is 0. The van der Waals surface area contributed by atoms with Gasteiger partial charge in [0.25, 0.3) is 19.3 Å². The molecule has 0 aliphatic carbocycles. The van der Waals surface area contributed by atoms with Gasteiger partial charge in [0.2, 0.25) is 23.1 Å². The van der Waals surface area contributed by atoms with Gasteiger partial charge in [-0.1, -0.05) is 246 Å². The molecule has 116 heavy (non-hydrogen) atoms. The third-order valence-electron chi connectivity index (χ3n) is 14.7. The van der Waals surface area contributed by atoms with Crippen LogP contribution in [0, 0.1) is 0 Å². The standard InChI is InChI=1S/2C15H9F5O.C14H10F2O.2C8H5F5.C8H6F2O.C7H4BrF3.C7H6F2/c2*16-14(17,13(21)10-4-2-1-3-5-10)11-6-8-12(9-7-11)15(18,19)20;15-14(16,12-9-5-2-6-10-12)13(17)11-7-3-1-4-8-11;2*9-7(10)5-1-3-6(4-2-5)8(11,12)13;9-8(10)7(11)6-4-2-1-3-5-6;8-6-3-1-5(2-4-6)7(9,10)11;8-7(9)6-4-2-1-3-5-6/h2*1-9H;1-10H;2*1-4,7H;1-5,8H;1-4H;1-5,7H. The van der Waals surface area contributed by atoms with E-state index < -0.39 is 148 Å². The Kier molecular flexibility index (Phi) is 36.2.